The van der Waals surface area contributed by atoms with Gasteiger partial charge in [-0.15, -0.1) is 0 Å². The lowest BCUT2D eigenvalue weighted by molar-refractivity contribution is -0.142. The summed E-state index contributed by atoms with van der Waals surface area (Å²) in [6.45, 7) is -0.243. The van der Waals surface area contributed by atoms with Crippen molar-refractivity contribution in [1.29, 1.82) is 0 Å². The predicted molar refractivity (Wildman–Crippen MR) is 99.2 cm³/mol. The Bertz CT molecular complexity index is 850. The van der Waals surface area contributed by atoms with Gasteiger partial charge in [0.05, 0.1) is 16.9 Å². The minimum absolute atomic E-state index is 0.171. The second-order valence-corrected chi connectivity index (χ2v) is 8.86. The number of allylic oxidation sites excluding steroid dienone is 2. The number of carbonyl (C=O) groups is 3. The molecule has 1 aromatic rings. The quantitative estimate of drug-likeness (QED) is 0.586. The monoisotopic (exact) mass is 434 g/mol. The maximum absolute atomic E-state index is 12.9. The zero-order valence-corrected chi connectivity index (χ0v) is 16.0. The van der Waals surface area contributed by atoms with Crippen molar-refractivity contribution in [3.63, 3.8) is 0 Å². The van der Waals surface area contributed by atoms with E-state index in [0.29, 0.717) is 22.5 Å². The molecule has 2 saturated carbocycles. The van der Waals surface area contributed by atoms with Gasteiger partial charge in [0.2, 0.25) is 17.7 Å². The van der Waals surface area contributed by atoms with Crippen molar-refractivity contribution < 1.29 is 14.4 Å². The molecule has 1 heterocycles. The number of likely N-dealkylation sites (tertiary alicyclic amines) is 1. The Morgan fingerprint density at radius 1 is 1.15 bits per heavy atom. The van der Waals surface area contributed by atoms with Gasteiger partial charge in [-0.1, -0.05) is 23.8 Å². The molecule has 0 aromatic heterocycles. The highest BCUT2D eigenvalue weighted by molar-refractivity contribution is 9.10. The van der Waals surface area contributed by atoms with Crippen molar-refractivity contribution >= 4 is 50.9 Å². The summed E-state index contributed by atoms with van der Waals surface area (Å²) in [6.07, 6.45) is 5.37. The lowest BCUT2D eigenvalue weighted by atomic mass is 9.63. The van der Waals surface area contributed by atoms with Crippen LogP contribution in [0.5, 0.6) is 0 Å². The zero-order valence-electron chi connectivity index (χ0n) is 13.7. The van der Waals surface area contributed by atoms with Crippen LogP contribution >= 0.6 is 27.5 Å². The lowest BCUT2D eigenvalue weighted by Crippen LogP contribution is -2.40. The van der Waals surface area contributed by atoms with Crippen molar-refractivity contribution in [3.05, 3.63) is 39.8 Å². The van der Waals surface area contributed by atoms with Gasteiger partial charge in [0.15, 0.2) is 0 Å². The Hall–Kier alpha value is -1.66. The Kier molecular flexibility index (Phi) is 3.60. The van der Waals surface area contributed by atoms with Crippen LogP contribution in [0.2, 0.25) is 5.02 Å². The highest BCUT2D eigenvalue weighted by atomic mass is 79.9. The number of rotatable bonds is 3. The molecule has 2 bridgehead atoms. The number of nitrogens with one attached hydrogen (secondary N) is 1. The molecule has 1 aromatic carbocycles. The van der Waals surface area contributed by atoms with E-state index in [1.54, 1.807) is 18.2 Å². The number of carbonyl (C=O) groups excluding carboxylic acids is 3. The molecular weight excluding hydrogens is 420 g/mol. The zero-order chi connectivity index (χ0) is 18.2. The van der Waals surface area contributed by atoms with Crippen molar-refractivity contribution in [2.45, 2.75) is 6.42 Å². The summed E-state index contributed by atoms with van der Waals surface area (Å²) in [5, 5.41) is 3.18. The van der Waals surface area contributed by atoms with Crippen LogP contribution in [0.1, 0.15) is 6.42 Å². The number of hydrogen-bond acceptors (Lipinski definition) is 3. The molecule has 5 aliphatic rings. The molecule has 4 aliphatic carbocycles. The number of nitrogens with zero attached hydrogens (tertiary/aromatic N) is 1. The lowest BCUT2D eigenvalue weighted by Gasteiger charge is -2.37. The van der Waals surface area contributed by atoms with Crippen LogP contribution in [0.25, 0.3) is 0 Å². The van der Waals surface area contributed by atoms with Gasteiger partial charge in [-0.05, 0) is 64.2 Å². The van der Waals surface area contributed by atoms with Gasteiger partial charge in [0, 0.05) is 10.2 Å². The number of hydrogen-bond donors (Lipinski definition) is 1. The number of imide groups is 1. The van der Waals surface area contributed by atoms with Crippen LogP contribution in [-0.2, 0) is 14.4 Å². The fraction of sp³-hybridized carbons (Fsp3) is 0.421. The fourth-order valence-corrected chi connectivity index (χ4v) is 5.52. The molecule has 1 saturated heterocycles. The molecule has 6 rings (SSSR count). The smallest absolute Gasteiger partial charge is 0.244 e. The van der Waals surface area contributed by atoms with Crippen molar-refractivity contribution in [2.75, 3.05) is 11.9 Å². The number of halogens is 2. The van der Waals surface area contributed by atoms with E-state index < -0.39 is 5.91 Å². The molecular formula is C19H16BrClN2O3. The van der Waals surface area contributed by atoms with E-state index in [0.717, 1.165) is 15.8 Å². The molecule has 26 heavy (non-hydrogen) atoms. The van der Waals surface area contributed by atoms with Gasteiger partial charge >= 0.3 is 0 Å². The molecule has 0 spiro atoms. The summed E-state index contributed by atoms with van der Waals surface area (Å²) in [7, 11) is 0. The van der Waals surface area contributed by atoms with Gasteiger partial charge in [0.25, 0.3) is 0 Å². The molecule has 1 N–H and O–H groups in total. The summed E-state index contributed by atoms with van der Waals surface area (Å²) < 4.78 is 0.729. The van der Waals surface area contributed by atoms with E-state index in [1.165, 1.54) is 0 Å². The Morgan fingerprint density at radius 3 is 2.35 bits per heavy atom. The predicted octanol–water partition coefficient (Wildman–Crippen LogP) is 3.09. The molecule has 1 aliphatic heterocycles. The first-order valence-electron chi connectivity index (χ1n) is 8.74. The van der Waals surface area contributed by atoms with E-state index >= 15 is 0 Å². The molecule has 3 fully saturated rings. The second-order valence-electron chi connectivity index (χ2n) is 7.59. The number of anilines is 1. The van der Waals surface area contributed by atoms with Crippen LogP contribution < -0.4 is 5.32 Å². The number of amides is 3. The topological polar surface area (TPSA) is 66.5 Å². The van der Waals surface area contributed by atoms with Crippen LogP contribution in [0.3, 0.4) is 0 Å². The second kappa shape index (κ2) is 5.67. The molecule has 5 nitrogen and oxygen atoms in total. The van der Waals surface area contributed by atoms with E-state index in [1.807, 2.05) is 0 Å². The van der Waals surface area contributed by atoms with Crippen LogP contribution in [0, 0.1) is 35.5 Å². The van der Waals surface area contributed by atoms with Gasteiger partial charge in [-0.3, -0.25) is 19.3 Å². The highest BCUT2D eigenvalue weighted by Crippen LogP contribution is 2.65. The Balaban J connectivity index is 1.32. The van der Waals surface area contributed by atoms with Gasteiger partial charge in [-0.25, -0.2) is 0 Å². The van der Waals surface area contributed by atoms with E-state index in [2.05, 4.69) is 33.4 Å². The minimum Gasteiger partial charge on any atom is -0.324 e. The third kappa shape index (κ3) is 2.31. The van der Waals surface area contributed by atoms with E-state index in [-0.39, 0.29) is 42.0 Å². The van der Waals surface area contributed by atoms with Gasteiger partial charge in [0.1, 0.15) is 6.54 Å². The normalized spacial score (nSPS) is 36.2. The SMILES string of the molecule is O=C(CN1C(=O)[C@@H]2[C@H]3C=C[C@H]([C@H]4C[C@H]34)[C@@H]2C1=O)Nc1ccc(Br)c(Cl)c1. The third-order valence-corrected chi connectivity index (χ3v) is 7.49. The third-order valence-electron chi connectivity index (χ3n) is 6.26. The van der Waals surface area contributed by atoms with Crippen LogP contribution in [0.4, 0.5) is 5.69 Å². The highest BCUT2D eigenvalue weighted by Gasteiger charge is 2.67. The summed E-state index contributed by atoms with van der Waals surface area (Å²) in [6, 6.07) is 5.06. The molecule has 6 atom stereocenters. The van der Waals surface area contributed by atoms with Crippen LogP contribution in [-0.4, -0.2) is 29.2 Å². The van der Waals surface area contributed by atoms with Crippen molar-refractivity contribution in [1.82, 2.24) is 4.90 Å². The maximum Gasteiger partial charge on any atom is 0.244 e. The first-order chi connectivity index (χ1) is 12.5. The van der Waals surface area contributed by atoms with Crippen LogP contribution in [0.15, 0.2) is 34.8 Å². The average Bonchev–Trinajstić information content (AvgIpc) is 3.39. The summed E-state index contributed by atoms with van der Waals surface area (Å²) in [5.41, 5.74) is 0.530. The van der Waals surface area contributed by atoms with Gasteiger partial charge in [-0.2, -0.15) is 0 Å². The summed E-state index contributed by atoms with van der Waals surface area (Å²) >= 11 is 9.32. The van der Waals surface area contributed by atoms with Gasteiger partial charge < -0.3 is 5.32 Å². The van der Waals surface area contributed by atoms with E-state index in [9.17, 15) is 14.4 Å². The number of benzene rings is 1. The molecule has 7 heteroatoms. The maximum atomic E-state index is 12.9. The first kappa shape index (κ1) is 16.5. The summed E-state index contributed by atoms with van der Waals surface area (Å²) in [4.78, 5) is 39.3. The molecule has 3 amide bonds. The largest absolute Gasteiger partial charge is 0.324 e. The Morgan fingerprint density at radius 2 is 1.77 bits per heavy atom. The average molecular weight is 436 g/mol. The molecule has 0 radical (unpaired) electrons. The van der Waals surface area contributed by atoms with Crippen molar-refractivity contribution in [2.24, 2.45) is 35.5 Å². The molecule has 134 valence electrons. The standard InChI is InChI=1S/C19H16BrClN2O3/c20-13-4-1-8(5-14(13)21)22-15(24)7-23-18(25)16-9-2-3-10(12-6-11(9)12)17(16)19(23)26/h1-5,9-12,16-17H,6-7H2,(H,22,24)/t9-,10+,11-,12-,16+,17-/m1/s1. The Labute approximate surface area is 163 Å². The molecule has 0 unspecified atom stereocenters. The van der Waals surface area contributed by atoms with Crippen molar-refractivity contribution in [3.8, 4) is 0 Å². The summed E-state index contributed by atoms with van der Waals surface area (Å²) in [5.74, 6) is 0.155. The minimum atomic E-state index is -0.394. The van der Waals surface area contributed by atoms with E-state index in [4.69, 9.17) is 11.6 Å². The fourth-order valence-electron chi connectivity index (χ4n) is 5.09. The first-order valence-corrected chi connectivity index (χ1v) is 9.91.